The van der Waals surface area contributed by atoms with Crippen molar-refractivity contribution in [1.29, 1.82) is 0 Å². The second-order valence-corrected chi connectivity index (χ2v) is 4.16. The zero-order chi connectivity index (χ0) is 8.55. The van der Waals surface area contributed by atoms with Crippen LogP contribution < -0.4 is 0 Å². The molecule has 1 saturated carbocycles. The Labute approximate surface area is 79.9 Å². The zero-order valence-corrected chi connectivity index (χ0v) is 8.27. The first-order valence-electron chi connectivity index (χ1n) is 4.22. The van der Waals surface area contributed by atoms with E-state index in [1.165, 1.54) is 30.9 Å². The van der Waals surface area contributed by atoms with Gasteiger partial charge in [0.25, 0.3) is 0 Å². The number of halogens is 2. The smallest absolute Gasteiger partial charge is 0.137 e. The number of rotatable bonds is 1. The van der Waals surface area contributed by atoms with Gasteiger partial charge in [-0.2, -0.15) is 0 Å². The molecule has 0 spiro atoms. The van der Waals surface area contributed by atoms with Crippen molar-refractivity contribution in [3.05, 3.63) is 34.1 Å². The van der Waals surface area contributed by atoms with Crippen molar-refractivity contribution in [3.63, 3.8) is 0 Å². The lowest BCUT2D eigenvalue weighted by Crippen LogP contribution is -2.08. The van der Waals surface area contributed by atoms with Gasteiger partial charge in [0.15, 0.2) is 0 Å². The zero-order valence-electron chi connectivity index (χ0n) is 6.69. The fourth-order valence-corrected chi connectivity index (χ4v) is 1.90. The molecule has 0 unspecified atom stereocenters. The van der Waals surface area contributed by atoms with Crippen molar-refractivity contribution in [3.8, 4) is 0 Å². The molecule has 0 amide bonds. The van der Waals surface area contributed by atoms with E-state index in [0.717, 1.165) is 0 Å². The van der Waals surface area contributed by atoms with Crippen LogP contribution in [0.4, 0.5) is 4.39 Å². The molecular weight excluding hydrogens is 219 g/mol. The van der Waals surface area contributed by atoms with Crippen molar-refractivity contribution in [1.82, 2.24) is 0 Å². The molecule has 0 saturated heterocycles. The van der Waals surface area contributed by atoms with Crippen molar-refractivity contribution in [2.75, 3.05) is 0 Å². The van der Waals surface area contributed by atoms with Crippen molar-refractivity contribution in [2.24, 2.45) is 0 Å². The summed E-state index contributed by atoms with van der Waals surface area (Å²) in [5.41, 5.74) is 1.27. The summed E-state index contributed by atoms with van der Waals surface area (Å²) in [6.45, 7) is 0. The highest BCUT2D eigenvalue weighted by Gasteiger charge is 2.19. The van der Waals surface area contributed by atoms with Crippen LogP contribution in [0, 0.1) is 5.82 Å². The predicted octanol–water partition coefficient (Wildman–Crippen LogP) is 3.86. The van der Waals surface area contributed by atoms with Gasteiger partial charge in [0.05, 0.1) is 4.47 Å². The highest BCUT2D eigenvalue weighted by Crippen LogP contribution is 2.37. The first-order valence-corrected chi connectivity index (χ1v) is 5.01. The Morgan fingerprint density at radius 2 is 2.08 bits per heavy atom. The molecule has 0 aromatic heterocycles. The van der Waals surface area contributed by atoms with Gasteiger partial charge in [-0.1, -0.05) is 12.5 Å². The summed E-state index contributed by atoms with van der Waals surface area (Å²) in [5.74, 6) is 0.514. The van der Waals surface area contributed by atoms with Crippen LogP contribution >= 0.6 is 15.9 Å². The van der Waals surface area contributed by atoms with Gasteiger partial charge in [-0.25, -0.2) is 4.39 Å². The summed E-state index contributed by atoms with van der Waals surface area (Å²) in [6, 6.07) is 5.33. The predicted molar refractivity (Wildman–Crippen MR) is 50.7 cm³/mol. The summed E-state index contributed by atoms with van der Waals surface area (Å²) in [6.07, 6.45) is 3.84. The van der Waals surface area contributed by atoms with E-state index in [1.807, 2.05) is 12.1 Å². The molecule has 12 heavy (non-hydrogen) atoms. The Hall–Kier alpha value is -0.370. The van der Waals surface area contributed by atoms with Crippen molar-refractivity contribution in [2.45, 2.75) is 25.2 Å². The Bertz CT molecular complexity index is 292. The van der Waals surface area contributed by atoms with Crippen molar-refractivity contribution < 1.29 is 4.39 Å². The molecule has 0 aliphatic heterocycles. The van der Waals surface area contributed by atoms with E-state index in [9.17, 15) is 4.39 Å². The molecule has 1 aliphatic rings. The Balaban J connectivity index is 2.27. The van der Waals surface area contributed by atoms with Gasteiger partial charge in [0.1, 0.15) is 5.82 Å². The molecule has 1 fully saturated rings. The Morgan fingerprint density at radius 3 is 2.58 bits per heavy atom. The summed E-state index contributed by atoms with van der Waals surface area (Å²) < 4.78 is 13.4. The lowest BCUT2D eigenvalue weighted by Gasteiger charge is -2.25. The van der Waals surface area contributed by atoms with Gasteiger partial charge in [-0.3, -0.25) is 0 Å². The van der Waals surface area contributed by atoms with Gasteiger partial charge in [-0.15, -0.1) is 0 Å². The van der Waals surface area contributed by atoms with E-state index >= 15 is 0 Å². The van der Waals surface area contributed by atoms with E-state index in [1.54, 1.807) is 0 Å². The van der Waals surface area contributed by atoms with Crippen LogP contribution in [0.25, 0.3) is 0 Å². The lowest BCUT2D eigenvalue weighted by molar-refractivity contribution is 0.419. The summed E-state index contributed by atoms with van der Waals surface area (Å²) >= 11 is 3.19. The molecule has 64 valence electrons. The fraction of sp³-hybridized carbons (Fsp3) is 0.400. The van der Waals surface area contributed by atoms with Gasteiger partial charge in [0, 0.05) is 0 Å². The average Bonchev–Trinajstić information content (AvgIpc) is 1.93. The molecule has 1 aromatic carbocycles. The third kappa shape index (κ3) is 1.40. The van der Waals surface area contributed by atoms with Crippen molar-refractivity contribution >= 4 is 15.9 Å². The molecule has 2 rings (SSSR count). The monoisotopic (exact) mass is 228 g/mol. The quantitative estimate of drug-likeness (QED) is 0.685. The summed E-state index contributed by atoms with van der Waals surface area (Å²) in [7, 11) is 0. The molecule has 1 aromatic rings. The van der Waals surface area contributed by atoms with Crippen LogP contribution in [0.2, 0.25) is 0 Å². The molecule has 0 radical (unpaired) electrons. The molecule has 0 heterocycles. The molecule has 0 nitrogen and oxygen atoms in total. The minimum Gasteiger partial charge on any atom is -0.206 e. The van der Waals surface area contributed by atoms with Gasteiger partial charge in [-0.05, 0) is 52.4 Å². The average molecular weight is 229 g/mol. The Morgan fingerprint density at radius 1 is 1.33 bits per heavy atom. The maximum atomic E-state index is 12.8. The second kappa shape index (κ2) is 3.17. The van der Waals surface area contributed by atoms with Crippen LogP contribution in [0.1, 0.15) is 30.7 Å². The van der Waals surface area contributed by atoms with E-state index in [2.05, 4.69) is 15.9 Å². The Kier molecular flexibility index (Phi) is 2.18. The topological polar surface area (TPSA) is 0 Å². The number of hydrogen-bond acceptors (Lipinski definition) is 0. The second-order valence-electron chi connectivity index (χ2n) is 3.30. The van der Waals surface area contributed by atoms with Gasteiger partial charge in [0.2, 0.25) is 0 Å². The standard InChI is InChI=1S/C10H10BrF/c11-9-6-8(4-5-10(9)12)7-2-1-3-7/h4-7H,1-3H2. The third-order valence-corrected chi connectivity index (χ3v) is 3.13. The lowest BCUT2D eigenvalue weighted by atomic mass is 9.80. The largest absolute Gasteiger partial charge is 0.206 e. The van der Waals surface area contributed by atoms with Gasteiger partial charge >= 0.3 is 0 Å². The number of benzene rings is 1. The molecule has 2 heteroatoms. The highest BCUT2D eigenvalue weighted by molar-refractivity contribution is 9.10. The minimum atomic E-state index is -0.168. The third-order valence-electron chi connectivity index (χ3n) is 2.52. The SMILES string of the molecule is Fc1ccc(C2CCC2)cc1Br. The van der Waals surface area contributed by atoms with Gasteiger partial charge < -0.3 is 0 Å². The van der Waals surface area contributed by atoms with Crippen LogP contribution in [-0.2, 0) is 0 Å². The van der Waals surface area contributed by atoms with E-state index in [-0.39, 0.29) is 5.82 Å². The first kappa shape index (κ1) is 8.24. The number of hydrogen-bond donors (Lipinski definition) is 0. The van der Waals surface area contributed by atoms with E-state index in [4.69, 9.17) is 0 Å². The van der Waals surface area contributed by atoms with Crippen LogP contribution in [-0.4, -0.2) is 0 Å². The molecule has 0 N–H and O–H groups in total. The van der Waals surface area contributed by atoms with E-state index in [0.29, 0.717) is 10.4 Å². The summed E-state index contributed by atoms with van der Waals surface area (Å²) in [5, 5.41) is 0. The molecular formula is C10H10BrF. The normalized spacial score (nSPS) is 17.5. The highest BCUT2D eigenvalue weighted by atomic mass is 79.9. The fourth-order valence-electron chi connectivity index (χ4n) is 1.51. The molecule has 1 aliphatic carbocycles. The van der Waals surface area contributed by atoms with Crippen LogP contribution in [0.15, 0.2) is 22.7 Å². The maximum Gasteiger partial charge on any atom is 0.137 e. The summed E-state index contributed by atoms with van der Waals surface area (Å²) in [4.78, 5) is 0. The maximum absolute atomic E-state index is 12.8. The minimum absolute atomic E-state index is 0.168. The van der Waals surface area contributed by atoms with Crippen LogP contribution in [0.3, 0.4) is 0 Å². The molecule has 0 bridgehead atoms. The van der Waals surface area contributed by atoms with E-state index < -0.39 is 0 Å². The first-order chi connectivity index (χ1) is 5.77. The molecule has 0 atom stereocenters. The van der Waals surface area contributed by atoms with Crippen LogP contribution in [0.5, 0.6) is 0 Å².